The van der Waals surface area contributed by atoms with E-state index in [1.165, 1.54) is 0 Å². The van der Waals surface area contributed by atoms with Crippen molar-refractivity contribution in [2.75, 3.05) is 0 Å². The van der Waals surface area contributed by atoms with Crippen molar-refractivity contribution < 1.29 is 4.74 Å². The maximum Gasteiger partial charge on any atom is 0.158 e. The van der Waals surface area contributed by atoms with Crippen molar-refractivity contribution in [2.45, 2.75) is 44.7 Å². The third-order valence-corrected chi connectivity index (χ3v) is 3.00. The molecule has 0 saturated carbocycles. The lowest BCUT2D eigenvalue weighted by atomic mass is 10.0. The minimum Gasteiger partial charge on any atom is -0.348 e. The Balaban J connectivity index is 2.71. The van der Waals surface area contributed by atoms with Gasteiger partial charge in [0, 0.05) is 0 Å². The first-order valence-electron chi connectivity index (χ1n) is 4.78. The number of ether oxygens (including phenoxy) is 1. The summed E-state index contributed by atoms with van der Waals surface area (Å²) in [4.78, 5) is 0. The van der Waals surface area contributed by atoms with Gasteiger partial charge in [0.05, 0.1) is 0 Å². The van der Waals surface area contributed by atoms with Gasteiger partial charge in [0.25, 0.3) is 0 Å². The van der Waals surface area contributed by atoms with E-state index in [4.69, 9.17) is 4.74 Å². The van der Waals surface area contributed by atoms with E-state index in [9.17, 15) is 0 Å². The standard InChI is InChI=1S/C11H18OSi/c1-6-10-11(7-2,12-10)8-9-13(3,4)5/h6,10H,1,7H2,2-5H3. The van der Waals surface area contributed by atoms with Gasteiger partial charge in [-0.3, -0.25) is 0 Å². The van der Waals surface area contributed by atoms with Crippen LogP contribution in [0.1, 0.15) is 13.3 Å². The molecule has 1 rings (SSSR count). The Kier molecular flexibility index (Phi) is 2.70. The smallest absolute Gasteiger partial charge is 0.158 e. The van der Waals surface area contributed by atoms with Crippen LogP contribution >= 0.6 is 0 Å². The highest BCUT2D eigenvalue weighted by Gasteiger charge is 2.52. The summed E-state index contributed by atoms with van der Waals surface area (Å²) in [5.74, 6) is 3.28. The zero-order valence-electron chi connectivity index (χ0n) is 8.98. The quantitative estimate of drug-likeness (QED) is 0.285. The van der Waals surface area contributed by atoms with Crippen LogP contribution in [0.4, 0.5) is 0 Å². The summed E-state index contributed by atoms with van der Waals surface area (Å²) in [5, 5.41) is 0. The number of hydrogen-bond donors (Lipinski definition) is 0. The summed E-state index contributed by atoms with van der Waals surface area (Å²) in [6.07, 6.45) is 2.98. The number of hydrogen-bond acceptors (Lipinski definition) is 1. The SMILES string of the molecule is C=CC1OC1(C#C[Si](C)(C)C)CC. The summed E-state index contributed by atoms with van der Waals surface area (Å²) < 4.78 is 5.53. The first kappa shape index (κ1) is 10.6. The highest BCUT2D eigenvalue weighted by molar-refractivity contribution is 6.83. The van der Waals surface area contributed by atoms with Gasteiger partial charge in [0.15, 0.2) is 5.60 Å². The van der Waals surface area contributed by atoms with E-state index in [-0.39, 0.29) is 11.7 Å². The van der Waals surface area contributed by atoms with E-state index in [0.29, 0.717) is 0 Å². The van der Waals surface area contributed by atoms with Crippen molar-refractivity contribution >= 4 is 8.07 Å². The van der Waals surface area contributed by atoms with Gasteiger partial charge in [-0.1, -0.05) is 38.6 Å². The molecule has 0 amide bonds. The molecule has 0 aromatic carbocycles. The number of epoxide rings is 1. The molecule has 0 aromatic heterocycles. The third kappa shape index (κ3) is 2.46. The Hall–Kier alpha value is -0.523. The van der Waals surface area contributed by atoms with Crippen LogP contribution in [0.15, 0.2) is 12.7 Å². The van der Waals surface area contributed by atoms with Crippen molar-refractivity contribution in [1.82, 2.24) is 0 Å². The molecule has 1 heterocycles. The van der Waals surface area contributed by atoms with Crippen LogP contribution in [-0.2, 0) is 4.74 Å². The summed E-state index contributed by atoms with van der Waals surface area (Å²) in [6, 6.07) is 0. The summed E-state index contributed by atoms with van der Waals surface area (Å²) >= 11 is 0. The van der Waals surface area contributed by atoms with Crippen LogP contribution in [0, 0.1) is 11.5 Å². The predicted octanol–water partition coefficient (Wildman–Crippen LogP) is 2.60. The van der Waals surface area contributed by atoms with Gasteiger partial charge in [0.1, 0.15) is 14.2 Å². The fraction of sp³-hybridized carbons (Fsp3) is 0.636. The molecule has 1 aliphatic rings. The first-order valence-corrected chi connectivity index (χ1v) is 8.28. The fourth-order valence-corrected chi connectivity index (χ4v) is 1.78. The highest BCUT2D eigenvalue weighted by atomic mass is 28.3. The van der Waals surface area contributed by atoms with E-state index < -0.39 is 8.07 Å². The molecular formula is C11H18OSi. The minimum atomic E-state index is -1.26. The fourth-order valence-electron chi connectivity index (χ4n) is 1.20. The van der Waals surface area contributed by atoms with Crippen molar-refractivity contribution in [3.63, 3.8) is 0 Å². The van der Waals surface area contributed by atoms with Crippen molar-refractivity contribution in [2.24, 2.45) is 0 Å². The normalized spacial score (nSPS) is 31.8. The lowest BCUT2D eigenvalue weighted by molar-refractivity contribution is 0.342. The lowest BCUT2D eigenvalue weighted by Crippen LogP contribution is -2.19. The molecule has 72 valence electrons. The van der Waals surface area contributed by atoms with Gasteiger partial charge in [-0.15, -0.1) is 12.1 Å². The van der Waals surface area contributed by atoms with Crippen molar-refractivity contribution in [3.05, 3.63) is 12.7 Å². The summed E-state index contributed by atoms with van der Waals surface area (Å²) in [5.41, 5.74) is 3.18. The second-order valence-corrected chi connectivity index (χ2v) is 9.27. The Bertz CT molecular complexity index is 266. The molecule has 0 bridgehead atoms. The predicted molar refractivity (Wildman–Crippen MR) is 59.2 cm³/mol. The summed E-state index contributed by atoms with van der Waals surface area (Å²) in [7, 11) is -1.26. The van der Waals surface area contributed by atoms with Crippen LogP contribution in [0.5, 0.6) is 0 Å². The second-order valence-electron chi connectivity index (χ2n) is 4.52. The molecular weight excluding hydrogens is 176 g/mol. The van der Waals surface area contributed by atoms with Crippen LogP contribution in [-0.4, -0.2) is 19.8 Å². The van der Waals surface area contributed by atoms with Crippen LogP contribution in [0.25, 0.3) is 0 Å². The van der Waals surface area contributed by atoms with Crippen molar-refractivity contribution in [3.8, 4) is 11.5 Å². The molecule has 2 unspecified atom stereocenters. The third-order valence-electron chi connectivity index (χ3n) is 2.13. The van der Waals surface area contributed by atoms with Gasteiger partial charge in [0.2, 0.25) is 0 Å². The Morgan fingerprint density at radius 1 is 1.54 bits per heavy atom. The summed E-state index contributed by atoms with van der Waals surface area (Å²) in [6.45, 7) is 12.6. The Morgan fingerprint density at radius 2 is 2.15 bits per heavy atom. The molecule has 1 fully saturated rings. The van der Waals surface area contributed by atoms with Gasteiger partial charge in [-0.25, -0.2) is 0 Å². The molecule has 2 atom stereocenters. The van der Waals surface area contributed by atoms with E-state index in [0.717, 1.165) is 6.42 Å². The largest absolute Gasteiger partial charge is 0.348 e. The molecule has 0 N–H and O–H groups in total. The molecule has 1 saturated heterocycles. The zero-order chi connectivity index (χ0) is 10.1. The average Bonchev–Trinajstić information content (AvgIpc) is 2.75. The molecule has 1 nitrogen and oxygen atoms in total. The molecule has 0 radical (unpaired) electrons. The second kappa shape index (κ2) is 3.32. The first-order chi connectivity index (χ1) is 5.93. The van der Waals surface area contributed by atoms with Crippen LogP contribution in [0.3, 0.4) is 0 Å². The van der Waals surface area contributed by atoms with E-state index in [1.54, 1.807) is 0 Å². The monoisotopic (exact) mass is 194 g/mol. The lowest BCUT2D eigenvalue weighted by Gasteiger charge is -2.05. The topological polar surface area (TPSA) is 12.5 Å². The van der Waals surface area contributed by atoms with E-state index >= 15 is 0 Å². The molecule has 0 aliphatic carbocycles. The molecule has 2 heteroatoms. The van der Waals surface area contributed by atoms with Gasteiger partial charge < -0.3 is 4.74 Å². The Morgan fingerprint density at radius 3 is 2.46 bits per heavy atom. The van der Waals surface area contributed by atoms with E-state index in [1.807, 2.05) is 6.08 Å². The zero-order valence-corrected chi connectivity index (χ0v) is 9.98. The van der Waals surface area contributed by atoms with Gasteiger partial charge in [-0.2, -0.15) is 0 Å². The van der Waals surface area contributed by atoms with Crippen LogP contribution < -0.4 is 0 Å². The van der Waals surface area contributed by atoms with Gasteiger partial charge in [-0.05, 0) is 6.42 Å². The molecule has 0 spiro atoms. The van der Waals surface area contributed by atoms with Gasteiger partial charge >= 0.3 is 0 Å². The molecule has 1 aliphatic heterocycles. The number of rotatable bonds is 2. The average molecular weight is 194 g/mol. The maximum absolute atomic E-state index is 5.53. The Labute approximate surface area is 82.2 Å². The van der Waals surface area contributed by atoms with Crippen molar-refractivity contribution in [1.29, 1.82) is 0 Å². The van der Waals surface area contributed by atoms with E-state index in [2.05, 4.69) is 44.6 Å². The highest BCUT2D eigenvalue weighted by Crippen LogP contribution is 2.39. The molecule has 13 heavy (non-hydrogen) atoms. The maximum atomic E-state index is 5.53. The minimum absolute atomic E-state index is 0.168. The molecule has 0 aromatic rings. The van der Waals surface area contributed by atoms with Crippen LogP contribution in [0.2, 0.25) is 19.6 Å².